The number of nitrogen functional groups attached to an aromatic ring is 1. The van der Waals surface area contributed by atoms with Crippen molar-refractivity contribution in [3.8, 4) is 22.4 Å². The van der Waals surface area contributed by atoms with Crippen LogP contribution in [-0.2, 0) is 0 Å². The van der Waals surface area contributed by atoms with Crippen LogP contribution < -0.4 is 5.73 Å². The van der Waals surface area contributed by atoms with E-state index in [1.807, 2.05) is 47.7 Å². The molecule has 6 heteroatoms. The number of nitrogens with zero attached hydrogens (tertiary/aromatic N) is 4. The van der Waals surface area contributed by atoms with Gasteiger partial charge in [0.05, 0.1) is 16.9 Å². The van der Waals surface area contributed by atoms with Crippen molar-refractivity contribution >= 4 is 22.2 Å². The van der Waals surface area contributed by atoms with E-state index in [0.717, 1.165) is 28.0 Å². The number of rotatable bonds is 2. The van der Waals surface area contributed by atoms with E-state index in [2.05, 4.69) is 15.2 Å². The summed E-state index contributed by atoms with van der Waals surface area (Å²) in [6, 6.07) is 18.3. The maximum Gasteiger partial charge on any atom is 0.185 e. The van der Waals surface area contributed by atoms with Crippen LogP contribution in [-0.4, -0.2) is 19.6 Å². The lowest BCUT2D eigenvalue weighted by molar-refractivity contribution is 0.631. The first-order chi connectivity index (χ1) is 13.6. The van der Waals surface area contributed by atoms with Crippen molar-refractivity contribution in [3.63, 3.8) is 0 Å². The van der Waals surface area contributed by atoms with Crippen LogP contribution in [0.5, 0.6) is 0 Å². The first-order valence-electron chi connectivity index (χ1n) is 8.88. The number of hydrogen-bond acceptors (Lipinski definition) is 4. The van der Waals surface area contributed by atoms with Crippen LogP contribution in [0.1, 0.15) is 5.82 Å². The molecule has 0 radical (unpaired) electrons. The molecule has 0 aliphatic heterocycles. The molecule has 28 heavy (non-hydrogen) atoms. The highest BCUT2D eigenvalue weighted by molar-refractivity contribution is 6.06. The third-order valence-corrected chi connectivity index (χ3v) is 4.95. The van der Waals surface area contributed by atoms with Gasteiger partial charge in [-0.25, -0.2) is 4.39 Å². The quantitative estimate of drug-likeness (QED) is 0.492. The topological polar surface area (TPSA) is 69.1 Å². The van der Waals surface area contributed by atoms with Crippen molar-refractivity contribution in [1.29, 1.82) is 0 Å². The number of pyridine rings is 2. The van der Waals surface area contributed by atoms with Crippen LogP contribution in [0.2, 0.25) is 0 Å². The second-order valence-electron chi connectivity index (χ2n) is 6.62. The number of aromatic nitrogens is 4. The predicted molar refractivity (Wildman–Crippen MR) is 108 cm³/mol. The Hall–Kier alpha value is -3.80. The van der Waals surface area contributed by atoms with Gasteiger partial charge in [0.1, 0.15) is 11.6 Å². The molecule has 0 saturated carbocycles. The number of fused-ring (bicyclic) bond motifs is 3. The summed E-state index contributed by atoms with van der Waals surface area (Å²) < 4.78 is 16.6. The smallest absolute Gasteiger partial charge is 0.185 e. The zero-order chi connectivity index (χ0) is 19.3. The van der Waals surface area contributed by atoms with Crippen molar-refractivity contribution in [3.05, 3.63) is 78.5 Å². The standard InChI is InChI=1S/C22H16FN5/c1-13-26-27-22-21(24)20(15-6-2-3-7-17(15)23)16-12-14(9-10-19(16)28(13)22)18-8-4-5-11-25-18/h2-12H,24H2,1H3. The van der Waals surface area contributed by atoms with Gasteiger partial charge in [-0.2, -0.15) is 0 Å². The molecule has 3 aromatic heterocycles. The molecule has 136 valence electrons. The van der Waals surface area contributed by atoms with Gasteiger partial charge in [0.25, 0.3) is 0 Å². The normalized spacial score (nSPS) is 11.4. The van der Waals surface area contributed by atoms with E-state index < -0.39 is 0 Å². The molecule has 0 saturated heterocycles. The van der Waals surface area contributed by atoms with E-state index in [1.54, 1.807) is 24.4 Å². The minimum atomic E-state index is -0.334. The Morgan fingerprint density at radius 1 is 0.964 bits per heavy atom. The predicted octanol–water partition coefficient (Wildman–Crippen LogP) is 4.64. The SMILES string of the molecule is Cc1nnc2c(N)c(-c3ccccc3F)c3cc(-c4ccccn4)ccc3n12. The molecule has 2 aromatic carbocycles. The van der Waals surface area contributed by atoms with Gasteiger partial charge < -0.3 is 5.73 Å². The first kappa shape index (κ1) is 16.4. The molecule has 2 N–H and O–H groups in total. The summed E-state index contributed by atoms with van der Waals surface area (Å²) >= 11 is 0. The van der Waals surface area contributed by atoms with Crippen molar-refractivity contribution < 1.29 is 4.39 Å². The molecule has 5 nitrogen and oxygen atoms in total. The van der Waals surface area contributed by atoms with Crippen LogP contribution in [0.15, 0.2) is 66.9 Å². The van der Waals surface area contributed by atoms with Gasteiger partial charge in [-0.1, -0.05) is 30.3 Å². The molecule has 0 spiro atoms. The first-order valence-corrected chi connectivity index (χ1v) is 8.88. The van der Waals surface area contributed by atoms with E-state index in [-0.39, 0.29) is 5.82 Å². The summed E-state index contributed by atoms with van der Waals surface area (Å²) in [6.07, 6.45) is 1.75. The van der Waals surface area contributed by atoms with Crippen molar-refractivity contribution in [2.45, 2.75) is 6.92 Å². The number of benzene rings is 2. The zero-order valence-corrected chi connectivity index (χ0v) is 15.1. The number of halogens is 1. The summed E-state index contributed by atoms with van der Waals surface area (Å²) in [7, 11) is 0. The lowest BCUT2D eigenvalue weighted by Gasteiger charge is -2.15. The molecular formula is C22H16FN5. The van der Waals surface area contributed by atoms with Crippen LogP contribution in [0.25, 0.3) is 38.9 Å². The number of hydrogen-bond donors (Lipinski definition) is 1. The fourth-order valence-electron chi connectivity index (χ4n) is 3.66. The van der Waals surface area contributed by atoms with E-state index in [0.29, 0.717) is 22.5 Å². The number of anilines is 1. The maximum absolute atomic E-state index is 14.7. The van der Waals surface area contributed by atoms with Crippen molar-refractivity contribution in [1.82, 2.24) is 19.6 Å². The molecule has 0 amide bonds. The Morgan fingerprint density at radius 3 is 2.57 bits per heavy atom. The molecule has 5 rings (SSSR count). The van der Waals surface area contributed by atoms with Crippen LogP contribution >= 0.6 is 0 Å². The van der Waals surface area contributed by atoms with Gasteiger partial charge >= 0.3 is 0 Å². The van der Waals surface area contributed by atoms with Crippen LogP contribution in [0, 0.1) is 12.7 Å². The Labute approximate surface area is 160 Å². The summed E-state index contributed by atoms with van der Waals surface area (Å²) in [5.41, 5.74) is 11.1. The second-order valence-corrected chi connectivity index (χ2v) is 6.62. The van der Waals surface area contributed by atoms with Crippen LogP contribution in [0.4, 0.5) is 10.1 Å². The lowest BCUT2D eigenvalue weighted by Crippen LogP contribution is -2.01. The second kappa shape index (κ2) is 6.13. The minimum Gasteiger partial charge on any atom is -0.395 e. The van der Waals surface area contributed by atoms with Crippen molar-refractivity contribution in [2.75, 3.05) is 5.73 Å². The zero-order valence-electron chi connectivity index (χ0n) is 15.1. The summed E-state index contributed by atoms with van der Waals surface area (Å²) in [6.45, 7) is 1.87. The largest absolute Gasteiger partial charge is 0.395 e. The van der Waals surface area contributed by atoms with E-state index >= 15 is 0 Å². The average molecular weight is 369 g/mol. The Balaban J connectivity index is 1.95. The number of aryl methyl sites for hydroxylation is 1. The highest BCUT2D eigenvalue weighted by Gasteiger charge is 2.20. The summed E-state index contributed by atoms with van der Waals surface area (Å²) in [5.74, 6) is 0.386. The Kier molecular flexibility index (Phi) is 3.58. The maximum atomic E-state index is 14.7. The van der Waals surface area contributed by atoms with Gasteiger partial charge in [-0.15, -0.1) is 10.2 Å². The fraction of sp³-hybridized carbons (Fsp3) is 0.0455. The molecule has 0 aliphatic carbocycles. The molecule has 3 heterocycles. The third kappa shape index (κ3) is 2.35. The molecule has 0 fully saturated rings. The van der Waals surface area contributed by atoms with E-state index in [4.69, 9.17) is 5.73 Å². The minimum absolute atomic E-state index is 0.334. The van der Waals surface area contributed by atoms with Gasteiger partial charge in [-0.3, -0.25) is 9.38 Å². The highest BCUT2D eigenvalue weighted by atomic mass is 19.1. The van der Waals surface area contributed by atoms with Gasteiger partial charge in [0, 0.05) is 28.3 Å². The molecule has 5 aromatic rings. The van der Waals surface area contributed by atoms with Gasteiger partial charge in [0.15, 0.2) is 5.65 Å². The van der Waals surface area contributed by atoms with Crippen molar-refractivity contribution in [2.24, 2.45) is 0 Å². The third-order valence-electron chi connectivity index (χ3n) is 4.95. The highest BCUT2D eigenvalue weighted by Crippen LogP contribution is 2.39. The summed E-state index contributed by atoms with van der Waals surface area (Å²) in [4.78, 5) is 4.43. The molecule has 0 unspecified atom stereocenters. The molecule has 0 atom stereocenters. The van der Waals surface area contributed by atoms with E-state index in [1.165, 1.54) is 6.07 Å². The van der Waals surface area contributed by atoms with Gasteiger partial charge in [-0.05, 0) is 37.3 Å². The molecular weight excluding hydrogens is 353 g/mol. The molecule has 0 aliphatic rings. The lowest BCUT2D eigenvalue weighted by atomic mass is 9.96. The number of nitrogens with two attached hydrogens (primary N) is 1. The Bertz CT molecular complexity index is 1340. The molecule has 0 bridgehead atoms. The average Bonchev–Trinajstić information content (AvgIpc) is 3.12. The Morgan fingerprint density at radius 2 is 1.79 bits per heavy atom. The monoisotopic (exact) mass is 369 g/mol. The fourth-order valence-corrected chi connectivity index (χ4v) is 3.66. The van der Waals surface area contributed by atoms with Crippen LogP contribution in [0.3, 0.4) is 0 Å². The van der Waals surface area contributed by atoms with Gasteiger partial charge in [0.2, 0.25) is 0 Å². The van der Waals surface area contributed by atoms with E-state index in [9.17, 15) is 4.39 Å². The summed E-state index contributed by atoms with van der Waals surface area (Å²) in [5, 5.41) is 9.21.